The van der Waals surface area contributed by atoms with Crippen LogP contribution in [0.5, 0.6) is 0 Å². The molecule has 1 aromatic carbocycles. The summed E-state index contributed by atoms with van der Waals surface area (Å²) < 4.78 is 30.7. The van der Waals surface area contributed by atoms with Gasteiger partial charge in [0.15, 0.2) is 17.5 Å². The lowest BCUT2D eigenvalue weighted by Gasteiger charge is -2.13. The topological polar surface area (TPSA) is 84.2 Å². The third kappa shape index (κ3) is 3.66. The molecule has 0 spiro atoms. The Morgan fingerprint density at radius 3 is 2.55 bits per heavy atom. The van der Waals surface area contributed by atoms with E-state index in [1.165, 1.54) is 13.0 Å². The van der Waals surface area contributed by atoms with Crippen molar-refractivity contribution in [3.05, 3.63) is 47.2 Å². The molecule has 2 rings (SSSR count). The maximum Gasteiger partial charge on any atom is 0.252 e. The number of nitrogens with one attached hydrogen (secondary N) is 2. The Bertz CT molecular complexity index is 715. The summed E-state index contributed by atoms with van der Waals surface area (Å²) in [7, 11) is 0. The summed E-state index contributed by atoms with van der Waals surface area (Å²) in [5, 5.41) is 8.40. The minimum atomic E-state index is -1.14. The number of amides is 2. The van der Waals surface area contributed by atoms with Crippen molar-refractivity contribution in [3.8, 4) is 0 Å². The maximum absolute atomic E-state index is 13.1. The van der Waals surface area contributed by atoms with Crippen LogP contribution in [0.15, 0.2) is 28.8 Å². The highest BCUT2D eigenvalue weighted by molar-refractivity contribution is 6.00. The van der Waals surface area contributed by atoms with E-state index < -0.39 is 29.5 Å². The zero-order valence-electron chi connectivity index (χ0n) is 11.8. The number of aromatic nitrogens is 1. The minimum absolute atomic E-state index is 0.0872. The Kier molecular flexibility index (Phi) is 4.50. The van der Waals surface area contributed by atoms with Crippen LogP contribution in [-0.4, -0.2) is 23.0 Å². The number of aryl methyl sites for hydroxylation is 1. The van der Waals surface area contributed by atoms with Gasteiger partial charge in [-0.25, -0.2) is 8.78 Å². The zero-order valence-corrected chi connectivity index (χ0v) is 11.8. The molecule has 116 valence electrons. The number of nitrogens with zero attached hydrogens (tertiary/aromatic N) is 1. The lowest BCUT2D eigenvalue weighted by molar-refractivity contribution is -0.117. The number of carbonyl (C=O) groups excluding carboxylic acids is 2. The molecular weight excluding hydrogens is 296 g/mol. The molecule has 0 radical (unpaired) electrons. The van der Waals surface area contributed by atoms with Crippen molar-refractivity contribution in [2.75, 3.05) is 5.32 Å². The van der Waals surface area contributed by atoms with Crippen LogP contribution in [0.25, 0.3) is 0 Å². The van der Waals surface area contributed by atoms with Gasteiger partial charge in [0, 0.05) is 11.6 Å². The molecule has 0 aliphatic rings. The highest BCUT2D eigenvalue weighted by atomic mass is 19.2. The Balaban J connectivity index is 1.98. The molecule has 0 aliphatic carbocycles. The zero-order chi connectivity index (χ0) is 16.3. The molecule has 1 aromatic heterocycles. The van der Waals surface area contributed by atoms with Crippen molar-refractivity contribution in [1.29, 1.82) is 0 Å². The fourth-order valence-electron chi connectivity index (χ4n) is 1.64. The average molecular weight is 309 g/mol. The second-order valence-corrected chi connectivity index (χ2v) is 4.64. The molecule has 0 saturated carbocycles. The number of rotatable bonds is 4. The van der Waals surface area contributed by atoms with E-state index in [9.17, 15) is 18.4 Å². The lowest BCUT2D eigenvalue weighted by atomic mass is 10.2. The molecule has 0 saturated heterocycles. The summed E-state index contributed by atoms with van der Waals surface area (Å²) in [6.07, 6.45) is 0. The number of hydrogen-bond donors (Lipinski definition) is 2. The second kappa shape index (κ2) is 6.33. The average Bonchev–Trinajstić information content (AvgIpc) is 2.86. The van der Waals surface area contributed by atoms with Gasteiger partial charge in [-0.1, -0.05) is 5.16 Å². The summed E-state index contributed by atoms with van der Waals surface area (Å²) in [5.41, 5.74) is -0.0872. The fourth-order valence-corrected chi connectivity index (χ4v) is 1.64. The van der Waals surface area contributed by atoms with Crippen molar-refractivity contribution in [2.45, 2.75) is 19.9 Å². The Morgan fingerprint density at radius 2 is 1.95 bits per heavy atom. The van der Waals surface area contributed by atoms with Crippen LogP contribution >= 0.6 is 0 Å². The van der Waals surface area contributed by atoms with E-state index in [4.69, 9.17) is 4.52 Å². The summed E-state index contributed by atoms with van der Waals surface area (Å²) in [5.74, 6) is -2.67. The lowest BCUT2D eigenvalue weighted by Crippen LogP contribution is -2.41. The number of anilines is 1. The Hall–Kier alpha value is -2.77. The van der Waals surface area contributed by atoms with Gasteiger partial charge in [0.05, 0.1) is 0 Å². The SMILES string of the molecule is Cc1cc(NC(=O)[C@H](C)NC(=O)c2ccc(F)c(F)c2)no1. The van der Waals surface area contributed by atoms with Gasteiger partial charge in [0.25, 0.3) is 5.91 Å². The third-order valence-electron chi connectivity index (χ3n) is 2.80. The highest BCUT2D eigenvalue weighted by Crippen LogP contribution is 2.10. The van der Waals surface area contributed by atoms with Gasteiger partial charge < -0.3 is 15.2 Å². The summed E-state index contributed by atoms with van der Waals surface area (Å²) >= 11 is 0. The molecule has 8 heteroatoms. The van der Waals surface area contributed by atoms with E-state index in [2.05, 4.69) is 15.8 Å². The first-order valence-electron chi connectivity index (χ1n) is 6.37. The first kappa shape index (κ1) is 15.6. The van der Waals surface area contributed by atoms with Crippen LogP contribution < -0.4 is 10.6 Å². The first-order chi connectivity index (χ1) is 10.4. The van der Waals surface area contributed by atoms with Crippen LogP contribution in [0.2, 0.25) is 0 Å². The van der Waals surface area contributed by atoms with E-state index >= 15 is 0 Å². The van der Waals surface area contributed by atoms with Crippen molar-refractivity contribution in [2.24, 2.45) is 0 Å². The molecule has 2 N–H and O–H groups in total. The van der Waals surface area contributed by atoms with Gasteiger partial charge in [0.2, 0.25) is 5.91 Å². The van der Waals surface area contributed by atoms with E-state index in [-0.39, 0.29) is 11.4 Å². The predicted octanol–water partition coefficient (Wildman–Crippen LogP) is 2.02. The van der Waals surface area contributed by atoms with Gasteiger partial charge in [-0.15, -0.1) is 0 Å². The number of halogens is 2. The molecule has 0 aliphatic heterocycles. The molecule has 0 unspecified atom stereocenters. The van der Waals surface area contributed by atoms with Gasteiger partial charge in [-0.05, 0) is 32.0 Å². The van der Waals surface area contributed by atoms with E-state index in [1.807, 2.05) is 0 Å². The van der Waals surface area contributed by atoms with Crippen LogP contribution in [0.3, 0.4) is 0 Å². The standard InChI is InChI=1S/C14H13F2N3O3/c1-7-5-12(19-22-7)18-13(20)8(2)17-14(21)9-3-4-10(15)11(16)6-9/h3-6,8H,1-2H3,(H,17,21)(H,18,19,20)/t8-/m0/s1. The van der Waals surface area contributed by atoms with Gasteiger partial charge in [0.1, 0.15) is 11.8 Å². The monoisotopic (exact) mass is 309 g/mol. The molecule has 2 aromatic rings. The summed E-state index contributed by atoms with van der Waals surface area (Å²) in [6, 6.07) is 3.34. The number of hydrogen-bond acceptors (Lipinski definition) is 4. The molecule has 22 heavy (non-hydrogen) atoms. The molecule has 0 bridgehead atoms. The van der Waals surface area contributed by atoms with Crippen molar-refractivity contribution >= 4 is 17.6 Å². The molecular formula is C14H13F2N3O3. The molecule has 1 atom stereocenters. The van der Waals surface area contributed by atoms with E-state index in [0.29, 0.717) is 5.76 Å². The molecule has 2 amide bonds. The fraction of sp³-hybridized carbons (Fsp3) is 0.214. The predicted molar refractivity (Wildman–Crippen MR) is 73.2 cm³/mol. The highest BCUT2D eigenvalue weighted by Gasteiger charge is 2.18. The molecule has 1 heterocycles. The van der Waals surface area contributed by atoms with Crippen molar-refractivity contribution < 1.29 is 22.9 Å². The molecule has 6 nitrogen and oxygen atoms in total. The quantitative estimate of drug-likeness (QED) is 0.905. The van der Waals surface area contributed by atoms with Crippen molar-refractivity contribution in [1.82, 2.24) is 10.5 Å². The van der Waals surface area contributed by atoms with E-state index in [1.54, 1.807) is 6.92 Å². The van der Waals surface area contributed by atoms with E-state index in [0.717, 1.165) is 18.2 Å². The number of benzene rings is 1. The Labute approximate surface area is 124 Å². The van der Waals surface area contributed by atoms with Gasteiger partial charge >= 0.3 is 0 Å². The van der Waals surface area contributed by atoms with Crippen LogP contribution in [-0.2, 0) is 4.79 Å². The first-order valence-corrected chi connectivity index (χ1v) is 6.37. The van der Waals surface area contributed by atoms with Crippen LogP contribution in [0, 0.1) is 18.6 Å². The second-order valence-electron chi connectivity index (χ2n) is 4.64. The van der Waals surface area contributed by atoms with Crippen LogP contribution in [0.4, 0.5) is 14.6 Å². The minimum Gasteiger partial charge on any atom is -0.360 e. The number of carbonyl (C=O) groups is 2. The van der Waals surface area contributed by atoms with Gasteiger partial charge in [-0.3, -0.25) is 9.59 Å². The normalized spacial score (nSPS) is 11.8. The summed E-state index contributed by atoms with van der Waals surface area (Å²) in [4.78, 5) is 23.7. The van der Waals surface area contributed by atoms with Crippen LogP contribution in [0.1, 0.15) is 23.0 Å². The maximum atomic E-state index is 13.1. The summed E-state index contributed by atoms with van der Waals surface area (Å²) in [6.45, 7) is 3.11. The smallest absolute Gasteiger partial charge is 0.252 e. The largest absolute Gasteiger partial charge is 0.360 e. The van der Waals surface area contributed by atoms with Crippen molar-refractivity contribution in [3.63, 3.8) is 0 Å². The third-order valence-corrected chi connectivity index (χ3v) is 2.80. The Morgan fingerprint density at radius 1 is 1.23 bits per heavy atom. The van der Waals surface area contributed by atoms with Gasteiger partial charge in [-0.2, -0.15) is 0 Å². The molecule has 0 fully saturated rings.